The van der Waals surface area contributed by atoms with Crippen LogP contribution < -0.4 is 16.0 Å². The van der Waals surface area contributed by atoms with Gasteiger partial charge in [0, 0.05) is 36.4 Å². The van der Waals surface area contributed by atoms with Gasteiger partial charge in [-0.1, -0.05) is 17.7 Å². The number of carbonyl (C=O) groups excluding carboxylic acids is 1. The molecule has 1 aliphatic heterocycles. The average molecular weight is 284 g/mol. The first-order valence-electron chi connectivity index (χ1n) is 6.22. The molecule has 5 nitrogen and oxygen atoms in total. The van der Waals surface area contributed by atoms with Gasteiger partial charge in [0.15, 0.2) is 0 Å². The van der Waals surface area contributed by atoms with Gasteiger partial charge in [-0.3, -0.25) is 4.79 Å². The summed E-state index contributed by atoms with van der Waals surface area (Å²) in [7, 11) is 1.62. The molecule has 6 heteroatoms. The first-order chi connectivity index (χ1) is 9.19. The summed E-state index contributed by atoms with van der Waals surface area (Å²) in [6.07, 6.45) is 0. The van der Waals surface area contributed by atoms with E-state index in [0.29, 0.717) is 31.3 Å². The molecule has 1 amide bonds. The fourth-order valence-electron chi connectivity index (χ4n) is 2.29. The van der Waals surface area contributed by atoms with E-state index in [-0.39, 0.29) is 11.9 Å². The monoisotopic (exact) mass is 283 g/mol. The minimum absolute atomic E-state index is 0.0670. The molecule has 0 aliphatic carbocycles. The molecule has 1 unspecified atom stereocenters. The molecule has 1 aromatic carbocycles. The van der Waals surface area contributed by atoms with Crippen LogP contribution in [0.4, 0.5) is 5.69 Å². The van der Waals surface area contributed by atoms with Crippen LogP contribution in [0.3, 0.4) is 0 Å². The van der Waals surface area contributed by atoms with Crippen molar-refractivity contribution in [2.75, 3.05) is 31.7 Å². The Morgan fingerprint density at radius 2 is 2.42 bits per heavy atom. The third-order valence-electron chi connectivity index (χ3n) is 3.29. The number of ether oxygens (including phenoxy) is 1. The highest BCUT2D eigenvalue weighted by atomic mass is 35.5. The minimum atomic E-state index is -0.345. The van der Waals surface area contributed by atoms with Crippen LogP contribution in [0.15, 0.2) is 18.2 Å². The lowest BCUT2D eigenvalue weighted by atomic mass is 10.1. The molecule has 1 heterocycles. The summed E-state index contributed by atoms with van der Waals surface area (Å²) >= 11 is 6.17. The summed E-state index contributed by atoms with van der Waals surface area (Å²) in [5.41, 5.74) is 7.54. The number of rotatable bonds is 3. The van der Waals surface area contributed by atoms with E-state index in [9.17, 15) is 4.79 Å². The van der Waals surface area contributed by atoms with Gasteiger partial charge in [-0.25, -0.2) is 0 Å². The predicted molar refractivity (Wildman–Crippen MR) is 75.4 cm³/mol. The maximum Gasteiger partial charge on any atom is 0.244 e. The van der Waals surface area contributed by atoms with Crippen LogP contribution in [0.5, 0.6) is 0 Å². The Morgan fingerprint density at radius 1 is 1.63 bits per heavy atom. The first kappa shape index (κ1) is 14.1. The Kier molecular flexibility index (Phi) is 4.63. The zero-order valence-electron chi connectivity index (χ0n) is 10.9. The largest absolute Gasteiger partial charge is 0.377 e. The molecule has 0 radical (unpaired) electrons. The molecule has 0 aromatic heterocycles. The SMILES string of the molecule is CNC(=O)C1COCCN1c1cccc(Cl)c1CN. The smallest absolute Gasteiger partial charge is 0.244 e. The van der Waals surface area contributed by atoms with Gasteiger partial charge in [0.1, 0.15) is 6.04 Å². The number of anilines is 1. The number of likely N-dealkylation sites (N-methyl/N-ethyl adjacent to an activating group) is 1. The van der Waals surface area contributed by atoms with Crippen molar-refractivity contribution in [1.29, 1.82) is 0 Å². The van der Waals surface area contributed by atoms with Crippen LogP contribution in [0, 0.1) is 0 Å². The first-order valence-corrected chi connectivity index (χ1v) is 6.60. The molecule has 0 bridgehead atoms. The molecule has 0 spiro atoms. The highest BCUT2D eigenvalue weighted by molar-refractivity contribution is 6.31. The second kappa shape index (κ2) is 6.23. The van der Waals surface area contributed by atoms with Crippen molar-refractivity contribution in [1.82, 2.24) is 5.32 Å². The second-order valence-electron chi connectivity index (χ2n) is 4.34. The van der Waals surface area contributed by atoms with Gasteiger partial charge in [0.25, 0.3) is 0 Å². The number of hydrogen-bond acceptors (Lipinski definition) is 4. The predicted octanol–water partition coefficient (Wildman–Crippen LogP) is 0.750. The summed E-state index contributed by atoms with van der Waals surface area (Å²) < 4.78 is 5.39. The van der Waals surface area contributed by atoms with Crippen LogP contribution in [-0.4, -0.2) is 38.8 Å². The minimum Gasteiger partial charge on any atom is -0.377 e. The summed E-state index contributed by atoms with van der Waals surface area (Å²) in [6.45, 7) is 1.94. The highest BCUT2D eigenvalue weighted by Gasteiger charge is 2.30. The number of morpholine rings is 1. The third-order valence-corrected chi connectivity index (χ3v) is 3.64. The molecular formula is C13H18ClN3O2. The van der Waals surface area contributed by atoms with E-state index < -0.39 is 0 Å². The van der Waals surface area contributed by atoms with E-state index in [0.717, 1.165) is 11.3 Å². The number of carbonyl (C=O) groups is 1. The molecule has 0 saturated carbocycles. The van der Waals surface area contributed by atoms with Gasteiger partial charge < -0.3 is 20.7 Å². The molecule has 1 aliphatic rings. The van der Waals surface area contributed by atoms with Crippen molar-refractivity contribution in [3.8, 4) is 0 Å². The Bertz CT molecular complexity index is 467. The van der Waals surface area contributed by atoms with Crippen LogP contribution in [-0.2, 0) is 16.1 Å². The van der Waals surface area contributed by atoms with Crippen molar-refractivity contribution in [2.45, 2.75) is 12.6 Å². The molecule has 1 atom stereocenters. The van der Waals surface area contributed by atoms with Crippen molar-refractivity contribution in [3.63, 3.8) is 0 Å². The summed E-state index contributed by atoms with van der Waals surface area (Å²) in [5.74, 6) is -0.0670. The number of benzene rings is 1. The maximum atomic E-state index is 11.9. The van der Waals surface area contributed by atoms with Gasteiger partial charge in [0.2, 0.25) is 5.91 Å². The van der Waals surface area contributed by atoms with Gasteiger partial charge >= 0.3 is 0 Å². The Hall–Kier alpha value is -1.30. The molecule has 1 saturated heterocycles. The lowest BCUT2D eigenvalue weighted by Crippen LogP contribution is -2.53. The van der Waals surface area contributed by atoms with Crippen molar-refractivity contribution >= 4 is 23.2 Å². The standard InChI is InChI=1S/C13H18ClN3O2/c1-16-13(18)12-8-19-6-5-17(12)11-4-2-3-10(14)9(11)7-15/h2-4,12H,5-8,15H2,1H3,(H,16,18). The lowest BCUT2D eigenvalue weighted by Gasteiger charge is -2.37. The number of nitrogens with one attached hydrogen (secondary N) is 1. The van der Waals surface area contributed by atoms with E-state index in [4.69, 9.17) is 22.1 Å². The van der Waals surface area contributed by atoms with Crippen molar-refractivity contribution < 1.29 is 9.53 Å². The fourth-order valence-corrected chi connectivity index (χ4v) is 2.54. The van der Waals surface area contributed by atoms with Crippen LogP contribution in [0.1, 0.15) is 5.56 Å². The maximum absolute atomic E-state index is 11.9. The van der Waals surface area contributed by atoms with E-state index >= 15 is 0 Å². The lowest BCUT2D eigenvalue weighted by molar-refractivity contribution is -0.124. The number of amides is 1. The molecule has 104 valence electrons. The van der Waals surface area contributed by atoms with E-state index in [1.54, 1.807) is 7.05 Å². The fraction of sp³-hybridized carbons (Fsp3) is 0.462. The van der Waals surface area contributed by atoms with E-state index in [1.165, 1.54) is 0 Å². The number of halogens is 1. The quantitative estimate of drug-likeness (QED) is 0.859. The van der Waals surface area contributed by atoms with E-state index in [1.807, 2.05) is 23.1 Å². The van der Waals surface area contributed by atoms with Crippen LogP contribution in [0.2, 0.25) is 5.02 Å². The van der Waals surface area contributed by atoms with Gasteiger partial charge in [-0.05, 0) is 12.1 Å². The van der Waals surface area contributed by atoms with Crippen molar-refractivity contribution in [3.05, 3.63) is 28.8 Å². The molecule has 1 aromatic rings. The Morgan fingerprint density at radius 3 is 3.11 bits per heavy atom. The van der Waals surface area contributed by atoms with E-state index in [2.05, 4.69) is 5.32 Å². The van der Waals surface area contributed by atoms with Gasteiger partial charge in [0.05, 0.1) is 13.2 Å². The van der Waals surface area contributed by atoms with Crippen LogP contribution in [0.25, 0.3) is 0 Å². The zero-order valence-corrected chi connectivity index (χ0v) is 11.6. The molecule has 19 heavy (non-hydrogen) atoms. The van der Waals surface area contributed by atoms with Gasteiger partial charge in [-0.15, -0.1) is 0 Å². The Labute approximate surface area is 117 Å². The molecule has 1 fully saturated rings. The highest BCUT2D eigenvalue weighted by Crippen LogP contribution is 2.29. The third kappa shape index (κ3) is 2.83. The topological polar surface area (TPSA) is 67.6 Å². The summed E-state index contributed by atoms with van der Waals surface area (Å²) in [6, 6.07) is 5.27. The molecule has 3 N–H and O–H groups in total. The number of nitrogens with two attached hydrogens (primary N) is 1. The second-order valence-corrected chi connectivity index (χ2v) is 4.75. The van der Waals surface area contributed by atoms with Gasteiger partial charge in [-0.2, -0.15) is 0 Å². The molecule has 2 rings (SSSR count). The number of hydrogen-bond donors (Lipinski definition) is 2. The average Bonchev–Trinajstić information content (AvgIpc) is 2.46. The van der Waals surface area contributed by atoms with Crippen molar-refractivity contribution in [2.24, 2.45) is 5.73 Å². The zero-order chi connectivity index (χ0) is 13.8. The van der Waals surface area contributed by atoms with Crippen LogP contribution >= 0.6 is 11.6 Å². The molecular weight excluding hydrogens is 266 g/mol. The normalized spacial score (nSPS) is 19.3. The number of nitrogens with zero attached hydrogens (tertiary/aromatic N) is 1. The summed E-state index contributed by atoms with van der Waals surface area (Å²) in [4.78, 5) is 13.9. The summed E-state index contributed by atoms with van der Waals surface area (Å²) in [5, 5.41) is 3.29. The Balaban J connectivity index is 2.37.